The fourth-order valence-electron chi connectivity index (χ4n) is 1.99. The molecule has 0 saturated carbocycles. The van der Waals surface area contributed by atoms with E-state index in [0.717, 1.165) is 12.1 Å². The van der Waals surface area contributed by atoms with Crippen molar-refractivity contribution in [3.63, 3.8) is 0 Å². The Kier molecular flexibility index (Phi) is 3.97. The molecule has 1 aromatic carbocycles. The Morgan fingerprint density at radius 3 is 2.67 bits per heavy atom. The molecular formula is C15H13F3N2O. The van der Waals surface area contributed by atoms with Crippen molar-refractivity contribution < 1.29 is 13.2 Å². The van der Waals surface area contributed by atoms with Crippen LogP contribution in [0.5, 0.6) is 0 Å². The van der Waals surface area contributed by atoms with Gasteiger partial charge < -0.3 is 0 Å². The Balaban J connectivity index is 2.62. The molecule has 0 aliphatic rings. The minimum absolute atomic E-state index is 0.190. The summed E-state index contributed by atoms with van der Waals surface area (Å²) in [7, 11) is 0. The van der Waals surface area contributed by atoms with Crippen LogP contribution in [0.3, 0.4) is 0 Å². The molecule has 110 valence electrons. The maximum atomic E-state index is 12.8. The van der Waals surface area contributed by atoms with E-state index in [2.05, 4.69) is 11.7 Å². The molecule has 0 aliphatic heterocycles. The lowest BCUT2D eigenvalue weighted by atomic mass is 10.0. The van der Waals surface area contributed by atoms with E-state index in [1.54, 1.807) is 6.92 Å². The van der Waals surface area contributed by atoms with Crippen LogP contribution >= 0.6 is 0 Å². The summed E-state index contributed by atoms with van der Waals surface area (Å²) in [4.78, 5) is 12.2. The van der Waals surface area contributed by atoms with Gasteiger partial charge in [-0.2, -0.15) is 18.3 Å². The van der Waals surface area contributed by atoms with Gasteiger partial charge in [0.2, 0.25) is 0 Å². The summed E-state index contributed by atoms with van der Waals surface area (Å²) in [6.45, 7) is 5.40. The third-order valence-electron chi connectivity index (χ3n) is 2.90. The average Bonchev–Trinajstić information content (AvgIpc) is 2.42. The fraction of sp³-hybridized carbons (Fsp3) is 0.200. The van der Waals surface area contributed by atoms with E-state index in [9.17, 15) is 18.0 Å². The van der Waals surface area contributed by atoms with Gasteiger partial charge in [0, 0.05) is 0 Å². The van der Waals surface area contributed by atoms with Crippen LogP contribution in [0.1, 0.15) is 11.3 Å². The summed E-state index contributed by atoms with van der Waals surface area (Å²) >= 11 is 0. The lowest BCUT2D eigenvalue weighted by molar-refractivity contribution is -0.137. The monoisotopic (exact) mass is 294 g/mol. The number of aryl methyl sites for hydroxylation is 1. The number of hydrogen-bond acceptors (Lipinski definition) is 2. The van der Waals surface area contributed by atoms with Crippen LogP contribution in [-0.4, -0.2) is 9.78 Å². The summed E-state index contributed by atoms with van der Waals surface area (Å²) in [5.41, 5.74) is -0.276. The highest BCUT2D eigenvalue weighted by Crippen LogP contribution is 2.31. The third kappa shape index (κ3) is 3.21. The normalized spacial score (nSPS) is 11.4. The predicted octanol–water partition coefficient (Wildman–Crippen LogP) is 3.42. The van der Waals surface area contributed by atoms with E-state index in [1.807, 2.05) is 0 Å². The quantitative estimate of drug-likeness (QED) is 0.813. The van der Waals surface area contributed by atoms with Crippen molar-refractivity contribution in [1.82, 2.24) is 9.78 Å². The summed E-state index contributed by atoms with van der Waals surface area (Å²) in [6, 6.07) is 6.18. The van der Waals surface area contributed by atoms with Gasteiger partial charge >= 0.3 is 6.18 Å². The van der Waals surface area contributed by atoms with E-state index in [0.29, 0.717) is 5.69 Å². The fourth-order valence-corrected chi connectivity index (χ4v) is 1.99. The average molecular weight is 294 g/mol. The van der Waals surface area contributed by atoms with Gasteiger partial charge in [0.05, 0.1) is 23.4 Å². The molecule has 6 heteroatoms. The Labute approximate surface area is 119 Å². The number of benzene rings is 1. The van der Waals surface area contributed by atoms with Gasteiger partial charge in [-0.1, -0.05) is 18.2 Å². The number of rotatable bonds is 3. The van der Waals surface area contributed by atoms with Gasteiger partial charge in [0.25, 0.3) is 5.56 Å². The molecule has 3 nitrogen and oxygen atoms in total. The van der Waals surface area contributed by atoms with Crippen LogP contribution < -0.4 is 5.56 Å². The lowest BCUT2D eigenvalue weighted by Crippen LogP contribution is -2.24. The molecule has 0 unspecified atom stereocenters. The molecule has 21 heavy (non-hydrogen) atoms. The largest absolute Gasteiger partial charge is 0.416 e. The van der Waals surface area contributed by atoms with E-state index in [1.165, 1.54) is 29.0 Å². The number of hydrogen-bond donors (Lipinski definition) is 0. The number of alkyl halides is 3. The maximum Gasteiger partial charge on any atom is 0.416 e. The molecule has 2 aromatic rings. The molecule has 0 fully saturated rings. The maximum absolute atomic E-state index is 12.8. The van der Waals surface area contributed by atoms with Crippen molar-refractivity contribution in [3.05, 3.63) is 64.6 Å². The van der Waals surface area contributed by atoms with Crippen LogP contribution in [-0.2, 0) is 12.7 Å². The number of aromatic nitrogens is 2. The molecule has 0 radical (unpaired) electrons. The molecule has 0 bridgehead atoms. The molecule has 1 heterocycles. The molecule has 1 aromatic heterocycles. The minimum Gasteiger partial charge on any atom is -0.267 e. The van der Waals surface area contributed by atoms with Gasteiger partial charge in [-0.15, -0.1) is 6.58 Å². The second-order valence-electron chi connectivity index (χ2n) is 4.55. The summed E-state index contributed by atoms with van der Waals surface area (Å²) in [5.74, 6) is 0. The van der Waals surface area contributed by atoms with Crippen molar-refractivity contribution in [2.24, 2.45) is 0 Å². The minimum atomic E-state index is -4.45. The van der Waals surface area contributed by atoms with Gasteiger partial charge in [0.1, 0.15) is 0 Å². The number of halogens is 3. The second-order valence-corrected chi connectivity index (χ2v) is 4.55. The molecule has 0 N–H and O–H groups in total. The van der Waals surface area contributed by atoms with Crippen LogP contribution in [0.15, 0.2) is 47.8 Å². The zero-order valence-electron chi connectivity index (χ0n) is 11.3. The molecule has 0 atom stereocenters. The van der Waals surface area contributed by atoms with Crippen LogP contribution in [0.4, 0.5) is 13.2 Å². The van der Waals surface area contributed by atoms with Crippen molar-refractivity contribution in [3.8, 4) is 11.1 Å². The van der Waals surface area contributed by atoms with Crippen LogP contribution in [0.25, 0.3) is 11.1 Å². The summed E-state index contributed by atoms with van der Waals surface area (Å²) in [6.07, 6.45) is -2.94. The Morgan fingerprint density at radius 1 is 1.33 bits per heavy atom. The Hall–Kier alpha value is -2.37. The smallest absolute Gasteiger partial charge is 0.267 e. The SMILES string of the molecule is C=CCn1nc(C)cc(-c2cccc(C(F)(F)F)c2)c1=O. The first-order chi connectivity index (χ1) is 9.82. The molecule has 0 aliphatic carbocycles. The third-order valence-corrected chi connectivity index (χ3v) is 2.90. The van der Waals surface area contributed by atoms with Gasteiger partial charge in [0.15, 0.2) is 0 Å². The first-order valence-corrected chi connectivity index (χ1v) is 6.20. The second kappa shape index (κ2) is 5.55. The zero-order chi connectivity index (χ0) is 15.6. The highest BCUT2D eigenvalue weighted by Gasteiger charge is 2.30. The first kappa shape index (κ1) is 15.0. The zero-order valence-corrected chi connectivity index (χ0v) is 11.3. The van der Waals surface area contributed by atoms with Crippen LogP contribution in [0, 0.1) is 6.92 Å². The van der Waals surface area contributed by atoms with Crippen molar-refractivity contribution in [2.45, 2.75) is 19.6 Å². The van der Waals surface area contributed by atoms with Crippen molar-refractivity contribution >= 4 is 0 Å². The molecular weight excluding hydrogens is 281 g/mol. The van der Waals surface area contributed by atoms with E-state index >= 15 is 0 Å². The van der Waals surface area contributed by atoms with Crippen molar-refractivity contribution in [1.29, 1.82) is 0 Å². The Bertz CT molecular complexity index is 732. The van der Waals surface area contributed by atoms with Crippen LogP contribution in [0.2, 0.25) is 0 Å². The van der Waals surface area contributed by atoms with Gasteiger partial charge in [-0.05, 0) is 30.7 Å². The van der Waals surface area contributed by atoms with Gasteiger partial charge in [-0.3, -0.25) is 4.79 Å². The Morgan fingerprint density at radius 2 is 2.05 bits per heavy atom. The summed E-state index contributed by atoms with van der Waals surface area (Å²) in [5, 5.41) is 4.03. The predicted molar refractivity (Wildman–Crippen MR) is 73.9 cm³/mol. The first-order valence-electron chi connectivity index (χ1n) is 6.20. The van der Waals surface area contributed by atoms with E-state index in [4.69, 9.17) is 0 Å². The highest BCUT2D eigenvalue weighted by molar-refractivity contribution is 5.63. The van der Waals surface area contributed by atoms with Crippen molar-refractivity contribution in [2.75, 3.05) is 0 Å². The van der Waals surface area contributed by atoms with E-state index in [-0.39, 0.29) is 17.7 Å². The summed E-state index contributed by atoms with van der Waals surface area (Å²) < 4.78 is 39.4. The molecule has 0 saturated heterocycles. The standard InChI is InChI=1S/C15H13F3N2O/c1-3-7-20-14(21)13(8-10(2)19-20)11-5-4-6-12(9-11)15(16,17)18/h3-6,8-9H,1,7H2,2H3. The topological polar surface area (TPSA) is 34.9 Å². The lowest BCUT2D eigenvalue weighted by Gasteiger charge is -2.10. The van der Waals surface area contributed by atoms with Gasteiger partial charge in [-0.25, -0.2) is 4.68 Å². The molecule has 2 rings (SSSR count). The highest BCUT2D eigenvalue weighted by atomic mass is 19.4. The molecule has 0 spiro atoms. The van der Waals surface area contributed by atoms with E-state index < -0.39 is 17.3 Å². The number of nitrogens with zero attached hydrogens (tertiary/aromatic N) is 2. The molecule has 0 amide bonds. The number of allylic oxidation sites excluding steroid dienone is 1.